The number of nitrogens with two attached hydrogens (primary N) is 1. The minimum atomic E-state index is -0.308. The van der Waals surface area contributed by atoms with Crippen molar-refractivity contribution in [3.05, 3.63) is 46.3 Å². The van der Waals surface area contributed by atoms with Gasteiger partial charge in [-0.25, -0.2) is 9.66 Å². The molecule has 0 atom stereocenters. The zero-order chi connectivity index (χ0) is 17.6. The zero-order valence-electron chi connectivity index (χ0n) is 14.0. The summed E-state index contributed by atoms with van der Waals surface area (Å²) in [5.41, 5.74) is 1.71. The number of rotatable bonds is 6. The van der Waals surface area contributed by atoms with Crippen molar-refractivity contribution in [3.63, 3.8) is 0 Å². The van der Waals surface area contributed by atoms with Crippen molar-refractivity contribution in [2.75, 3.05) is 18.1 Å². The first-order valence-electron chi connectivity index (χ1n) is 8.49. The fraction of sp³-hybridized carbons (Fsp3) is 0.389. The van der Waals surface area contributed by atoms with Gasteiger partial charge in [0.05, 0.1) is 16.7 Å². The highest BCUT2D eigenvalue weighted by atomic mass is 32.2. The minimum Gasteiger partial charge on any atom is -0.355 e. The van der Waals surface area contributed by atoms with Gasteiger partial charge >= 0.3 is 0 Å². The highest BCUT2D eigenvalue weighted by Gasteiger charge is 2.11. The summed E-state index contributed by atoms with van der Waals surface area (Å²) < 4.78 is 1.01. The van der Waals surface area contributed by atoms with Crippen LogP contribution in [-0.4, -0.2) is 27.9 Å². The van der Waals surface area contributed by atoms with Crippen molar-refractivity contribution in [1.29, 1.82) is 0 Å². The van der Waals surface area contributed by atoms with Crippen molar-refractivity contribution in [2.45, 2.75) is 37.3 Å². The second kappa shape index (κ2) is 8.20. The first-order chi connectivity index (χ1) is 12.1. The van der Waals surface area contributed by atoms with Gasteiger partial charge < -0.3 is 11.2 Å². The maximum absolute atomic E-state index is 12.2. The third kappa shape index (κ3) is 4.42. The van der Waals surface area contributed by atoms with Crippen LogP contribution in [0.5, 0.6) is 0 Å². The lowest BCUT2D eigenvalue weighted by atomic mass is 9.97. The van der Waals surface area contributed by atoms with Crippen molar-refractivity contribution in [3.8, 4) is 0 Å². The Balaban J connectivity index is 1.55. The molecule has 1 aliphatic carbocycles. The van der Waals surface area contributed by atoms with Gasteiger partial charge in [-0.1, -0.05) is 35.5 Å². The average Bonchev–Trinajstić information content (AvgIpc) is 2.64. The lowest BCUT2D eigenvalue weighted by Crippen LogP contribution is -2.31. The van der Waals surface area contributed by atoms with E-state index in [-0.39, 0.29) is 17.2 Å². The molecule has 0 saturated carbocycles. The van der Waals surface area contributed by atoms with Gasteiger partial charge in [-0.15, -0.1) is 0 Å². The molecular weight excluding hydrogens is 336 g/mol. The quantitative estimate of drug-likeness (QED) is 0.358. The van der Waals surface area contributed by atoms with Gasteiger partial charge in [0, 0.05) is 6.54 Å². The number of aromatic nitrogens is 2. The summed E-state index contributed by atoms with van der Waals surface area (Å²) in [6.45, 7) is 0.645. The van der Waals surface area contributed by atoms with Crippen molar-refractivity contribution in [1.82, 2.24) is 15.0 Å². The maximum atomic E-state index is 12.2. The van der Waals surface area contributed by atoms with Gasteiger partial charge in [-0.2, -0.15) is 0 Å². The number of carbonyl (C=O) groups is 1. The molecule has 1 aromatic carbocycles. The number of allylic oxidation sites excluding steroid dienone is 1. The van der Waals surface area contributed by atoms with E-state index in [9.17, 15) is 9.59 Å². The zero-order valence-corrected chi connectivity index (χ0v) is 14.8. The van der Waals surface area contributed by atoms with E-state index in [1.54, 1.807) is 18.2 Å². The molecule has 0 bridgehead atoms. The van der Waals surface area contributed by atoms with Crippen molar-refractivity contribution >= 4 is 28.6 Å². The first kappa shape index (κ1) is 17.5. The molecule has 25 heavy (non-hydrogen) atoms. The molecule has 0 radical (unpaired) electrons. The molecule has 0 spiro atoms. The first-order valence-corrected chi connectivity index (χ1v) is 9.48. The summed E-state index contributed by atoms with van der Waals surface area (Å²) in [5, 5.41) is 3.73. The number of nitrogen functional groups attached to an aromatic ring is 1. The number of amides is 1. The molecule has 0 saturated heterocycles. The normalized spacial score (nSPS) is 14.3. The number of para-hydroxylation sites is 1. The Morgan fingerprint density at radius 3 is 2.96 bits per heavy atom. The van der Waals surface area contributed by atoms with Crippen LogP contribution in [0.25, 0.3) is 10.9 Å². The predicted octanol–water partition coefficient (Wildman–Crippen LogP) is 2.21. The Labute approximate surface area is 150 Å². The van der Waals surface area contributed by atoms with Gasteiger partial charge in [0.2, 0.25) is 5.91 Å². The van der Waals surface area contributed by atoms with Crippen LogP contribution in [-0.2, 0) is 4.79 Å². The molecule has 1 aliphatic rings. The number of nitrogens with zero attached hydrogens (tertiary/aromatic N) is 2. The van der Waals surface area contributed by atoms with Crippen LogP contribution in [0.1, 0.15) is 32.1 Å². The highest BCUT2D eigenvalue weighted by molar-refractivity contribution is 7.99. The van der Waals surface area contributed by atoms with Crippen LogP contribution in [0.3, 0.4) is 0 Å². The number of hydrogen-bond acceptors (Lipinski definition) is 5. The van der Waals surface area contributed by atoms with Gasteiger partial charge in [-0.3, -0.25) is 9.59 Å². The fourth-order valence-corrected chi connectivity index (χ4v) is 3.65. The number of fused-ring (bicyclic) bond motifs is 1. The van der Waals surface area contributed by atoms with Crippen LogP contribution in [0.4, 0.5) is 0 Å². The minimum absolute atomic E-state index is 0.0798. The molecule has 1 heterocycles. The molecule has 3 rings (SSSR count). The van der Waals surface area contributed by atoms with Gasteiger partial charge in [0.25, 0.3) is 5.56 Å². The molecule has 132 valence electrons. The molecule has 0 aliphatic heterocycles. The molecule has 0 unspecified atom stereocenters. The molecule has 3 N–H and O–H groups in total. The summed E-state index contributed by atoms with van der Waals surface area (Å²) in [6.07, 6.45) is 8.01. The predicted molar refractivity (Wildman–Crippen MR) is 101 cm³/mol. The van der Waals surface area contributed by atoms with Crippen LogP contribution in [0.2, 0.25) is 0 Å². The molecule has 7 heteroatoms. The van der Waals surface area contributed by atoms with Crippen molar-refractivity contribution in [2.24, 2.45) is 0 Å². The SMILES string of the molecule is Nn1c(SCC(=O)NCCC2=CCCCC2)nc2ccccc2c1=O. The maximum Gasteiger partial charge on any atom is 0.280 e. The number of thioether (sulfide) groups is 1. The van der Waals surface area contributed by atoms with E-state index in [0.717, 1.165) is 23.9 Å². The Bertz CT molecular complexity index is 860. The lowest BCUT2D eigenvalue weighted by molar-refractivity contribution is -0.118. The van der Waals surface area contributed by atoms with Crippen LogP contribution < -0.4 is 16.7 Å². The third-order valence-electron chi connectivity index (χ3n) is 4.26. The largest absolute Gasteiger partial charge is 0.355 e. The van der Waals surface area contributed by atoms with E-state index >= 15 is 0 Å². The summed E-state index contributed by atoms with van der Waals surface area (Å²) in [6, 6.07) is 7.04. The smallest absolute Gasteiger partial charge is 0.280 e. The summed E-state index contributed by atoms with van der Waals surface area (Å²) >= 11 is 1.17. The Hall–Kier alpha value is -2.28. The van der Waals surface area contributed by atoms with E-state index in [2.05, 4.69) is 16.4 Å². The third-order valence-corrected chi connectivity index (χ3v) is 5.21. The molecule has 2 aromatic rings. The fourth-order valence-electron chi connectivity index (χ4n) is 2.90. The van der Waals surface area contributed by atoms with Gasteiger partial charge in [0.1, 0.15) is 0 Å². The lowest BCUT2D eigenvalue weighted by Gasteiger charge is -2.13. The summed E-state index contributed by atoms with van der Waals surface area (Å²) in [4.78, 5) is 28.6. The van der Waals surface area contributed by atoms with E-state index in [1.807, 2.05) is 6.07 Å². The molecule has 1 amide bonds. The Kier molecular flexibility index (Phi) is 5.75. The Morgan fingerprint density at radius 2 is 2.16 bits per heavy atom. The Morgan fingerprint density at radius 1 is 1.32 bits per heavy atom. The average molecular weight is 358 g/mol. The number of benzene rings is 1. The standard InChI is InChI=1S/C18H22N4O2S/c19-22-17(24)14-8-4-5-9-15(14)21-18(22)25-12-16(23)20-11-10-13-6-2-1-3-7-13/h4-6,8-9H,1-3,7,10-12,19H2,(H,20,23). The molecule has 6 nitrogen and oxygen atoms in total. The molecule has 1 aromatic heterocycles. The molecular formula is C18H22N4O2S. The second-order valence-electron chi connectivity index (χ2n) is 6.08. The van der Waals surface area contributed by atoms with Gasteiger partial charge in [0.15, 0.2) is 5.16 Å². The van der Waals surface area contributed by atoms with E-state index in [4.69, 9.17) is 5.84 Å². The highest BCUT2D eigenvalue weighted by Crippen LogP contribution is 2.19. The number of hydrogen-bond donors (Lipinski definition) is 2. The molecule has 0 fully saturated rings. The summed E-state index contributed by atoms with van der Waals surface area (Å²) in [7, 11) is 0. The van der Waals surface area contributed by atoms with Crippen molar-refractivity contribution < 1.29 is 4.79 Å². The number of nitrogens with one attached hydrogen (secondary N) is 1. The van der Waals surface area contributed by atoms with Crippen LogP contribution >= 0.6 is 11.8 Å². The van der Waals surface area contributed by atoms with E-state index < -0.39 is 0 Å². The summed E-state index contributed by atoms with van der Waals surface area (Å²) in [5.74, 6) is 5.92. The second-order valence-corrected chi connectivity index (χ2v) is 7.03. The van der Waals surface area contributed by atoms with E-state index in [1.165, 1.54) is 30.2 Å². The van der Waals surface area contributed by atoms with Crippen LogP contribution in [0, 0.1) is 0 Å². The monoisotopic (exact) mass is 358 g/mol. The van der Waals surface area contributed by atoms with E-state index in [0.29, 0.717) is 22.6 Å². The number of carbonyl (C=O) groups excluding carboxylic acids is 1. The van der Waals surface area contributed by atoms with Gasteiger partial charge in [-0.05, 0) is 44.2 Å². The topological polar surface area (TPSA) is 90.0 Å². The van der Waals surface area contributed by atoms with Crippen LogP contribution in [0.15, 0.2) is 45.9 Å².